The van der Waals surface area contributed by atoms with Gasteiger partial charge in [-0.1, -0.05) is 5.92 Å². The van der Waals surface area contributed by atoms with E-state index in [0.717, 1.165) is 12.1 Å². The van der Waals surface area contributed by atoms with Crippen LogP contribution in [0.4, 0.5) is 14.6 Å². The fourth-order valence-electron chi connectivity index (χ4n) is 4.85. The van der Waals surface area contributed by atoms with Crippen molar-refractivity contribution in [2.45, 2.75) is 24.7 Å². The first kappa shape index (κ1) is 21.2. The molecule has 0 saturated heterocycles. The summed E-state index contributed by atoms with van der Waals surface area (Å²) in [5.74, 6) is 3.35. The number of aliphatic hydroxyl groups is 2. The van der Waals surface area contributed by atoms with Crippen molar-refractivity contribution in [1.82, 2.24) is 24.8 Å². The first-order chi connectivity index (χ1) is 15.8. The lowest BCUT2D eigenvalue weighted by molar-refractivity contribution is -0.132. The number of fused-ring (bicyclic) bond motifs is 2. The fraction of sp³-hybridized carbons (Fsp3) is 0.364. The number of carbonyl (C=O) groups is 1. The average Bonchev–Trinajstić information content (AvgIpc) is 3.35. The maximum Gasteiger partial charge on any atom is 0.229 e. The van der Waals surface area contributed by atoms with Crippen molar-refractivity contribution in [3.8, 4) is 11.8 Å². The summed E-state index contributed by atoms with van der Waals surface area (Å²) in [4.78, 5) is 25.6. The number of hydrogen-bond acceptors (Lipinski definition) is 7. The van der Waals surface area contributed by atoms with Gasteiger partial charge in [0.1, 0.15) is 6.10 Å². The van der Waals surface area contributed by atoms with Crippen molar-refractivity contribution in [2.75, 3.05) is 19.4 Å². The SMILES string of the molecule is CNC(=O)[C@]12CC1[C@@H](n1cnc3c(NC)nc(C#Cc4ccc(F)c(F)c4)nc31)C(O)[C@@H]2O. The summed E-state index contributed by atoms with van der Waals surface area (Å²) in [5, 5.41) is 26.9. The zero-order valence-electron chi connectivity index (χ0n) is 17.7. The van der Waals surface area contributed by atoms with Crippen LogP contribution >= 0.6 is 0 Å². The standard InChI is InChI=1S/C22H20F2N6O3/c1-25-19-15-20(29-14(28-19)6-4-10-3-5-12(23)13(24)7-10)30(9-27-15)16-11-8-22(11,21(33)26-2)18(32)17(16)31/h3,5,7,9,11,16-18,31-32H,8H2,1-2H3,(H,26,33)(H,25,28,29)/t11?,16-,17?,18+,22-/m1/s1. The average molecular weight is 454 g/mol. The number of carbonyl (C=O) groups excluding carboxylic acids is 1. The van der Waals surface area contributed by atoms with Crippen LogP contribution in [-0.4, -0.2) is 61.9 Å². The molecule has 9 nitrogen and oxygen atoms in total. The highest BCUT2D eigenvalue weighted by Crippen LogP contribution is 2.67. The number of rotatable bonds is 3. The minimum Gasteiger partial charge on any atom is -0.389 e. The molecule has 1 amide bonds. The molecule has 0 radical (unpaired) electrons. The van der Waals surface area contributed by atoms with Gasteiger partial charge in [-0.05, 0) is 30.5 Å². The molecule has 0 aliphatic heterocycles. The summed E-state index contributed by atoms with van der Waals surface area (Å²) in [7, 11) is 3.15. The number of amides is 1. The van der Waals surface area contributed by atoms with Gasteiger partial charge >= 0.3 is 0 Å². The highest BCUT2D eigenvalue weighted by molar-refractivity contribution is 5.88. The van der Waals surface area contributed by atoms with Crippen molar-refractivity contribution in [3.63, 3.8) is 0 Å². The molecule has 2 aromatic heterocycles. The minimum atomic E-state index is -1.22. The molecule has 170 valence electrons. The first-order valence-electron chi connectivity index (χ1n) is 10.3. The van der Waals surface area contributed by atoms with Crippen molar-refractivity contribution in [2.24, 2.45) is 11.3 Å². The van der Waals surface area contributed by atoms with Crippen molar-refractivity contribution in [1.29, 1.82) is 0 Å². The van der Waals surface area contributed by atoms with Gasteiger partial charge in [0.25, 0.3) is 0 Å². The van der Waals surface area contributed by atoms with E-state index < -0.39 is 35.3 Å². The number of aromatic nitrogens is 4. The van der Waals surface area contributed by atoms with Crippen molar-refractivity contribution in [3.05, 3.63) is 47.5 Å². The normalized spacial score (nSPS) is 27.6. The molecule has 1 aromatic carbocycles. The molecule has 0 spiro atoms. The number of nitrogens with one attached hydrogen (secondary N) is 2. The zero-order chi connectivity index (χ0) is 23.5. The molecule has 5 atom stereocenters. The molecule has 2 aliphatic rings. The molecule has 2 saturated carbocycles. The van der Waals surface area contributed by atoms with Gasteiger partial charge < -0.3 is 25.4 Å². The Balaban J connectivity index is 1.57. The van der Waals surface area contributed by atoms with Crippen LogP contribution in [0.5, 0.6) is 0 Å². The fourth-order valence-corrected chi connectivity index (χ4v) is 4.85. The van der Waals surface area contributed by atoms with E-state index in [1.807, 2.05) is 0 Å². The first-order valence-corrected chi connectivity index (χ1v) is 10.3. The molecule has 5 rings (SSSR count). The number of aliphatic hydroxyl groups excluding tert-OH is 2. The Morgan fingerprint density at radius 1 is 1.21 bits per heavy atom. The number of halogens is 2. The number of benzene rings is 1. The van der Waals surface area contributed by atoms with E-state index >= 15 is 0 Å². The van der Waals surface area contributed by atoms with Crippen LogP contribution in [0.25, 0.3) is 11.2 Å². The van der Waals surface area contributed by atoms with E-state index in [-0.39, 0.29) is 23.2 Å². The van der Waals surface area contributed by atoms with E-state index in [4.69, 9.17) is 0 Å². The van der Waals surface area contributed by atoms with E-state index in [2.05, 4.69) is 37.4 Å². The predicted octanol–water partition coefficient (Wildman–Crippen LogP) is 0.575. The van der Waals surface area contributed by atoms with Gasteiger partial charge in [-0.25, -0.2) is 23.7 Å². The zero-order valence-corrected chi connectivity index (χ0v) is 17.7. The third-order valence-electron chi connectivity index (χ3n) is 6.54. The number of nitrogens with zero attached hydrogens (tertiary/aromatic N) is 4. The second-order valence-corrected chi connectivity index (χ2v) is 8.20. The van der Waals surface area contributed by atoms with Gasteiger partial charge in [0, 0.05) is 25.6 Å². The Kier molecular flexibility index (Phi) is 4.81. The smallest absolute Gasteiger partial charge is 0.229 e. The third kappa shape index (κ3) is 3.06. The molecule has 2 fully saturated rings. The van der Waals surface area contributed by atoms with E-state index in [0.29, 0.717) is 23.4 Å². The van der Waals surface area contributed by atoms with Gasteiger partial charge in [0.05, 0.1) is 23.9 Å². The van der Waals surface area contributed by atoms with Crippen LogP contribution in [0.1, 0.15) is 23.9 Å². The van der Waals surface area contributed by atoms with E-state index in [1.54, 1.807) is 11.6 Å². The maximum atomic E-state index is 13.5. The monoisotopic (exact) mass is 454 g/mol. The molecular formula is C22H20F2N6O3. The molecule has 2 heterocycles. The lowest BCUT2D eigenvalue weighted by Gasteiger charge is -2.23. The minimum absolute atomic E-state index is 0.0970. The van der Waals surface area contributed by atoms with Gasteiger partial charge in [-0.2, -0.15) is 0 Å². The molecule has 33 heavy (non-hydrogen) atoms. The molecule has 2 unspecified atom stereocenters. The lowest BCUT2D eigenvalue weighted by atomic mass is 9.98. The molecule has 2 aliphatic carbocycles. The molecule has 4 N–H and O–H groups in total. The molecule has 0 bridgehead atoms. The summed E-state index contributed by atoms with van der Waals surface area (Å²) in [6, 6.07) is 2.69. The van der Waals surface area contributed by atoms with E-state index in [1.165, 1.54) is 19.4 Å². The maximum absolute atomic E-state index is 13.5. The number of hydrogen-bond donors (Lipinski definition) is 4. The topological polar surface area (TPSA) is 125 Å². The summed E-state index contributed by atoms with van der Waals surface area (Å²) in [6.45, 7) is 0. The summed E-state index contributed by atoms with van der Waals surface area (Å²) in [5.41, 5.74) is -0.000847. The number of anilines is 1. The molecular weight excluding hydrogens is 434 g/mol. The Bertz CT molecular complexity index is 1350. The third-order valence-corrected chi connectivity index (χ3v) is 6.54. The molecule has 3 aromatic rings. The summed E-state index contributed by atoms with van der Waals surface area (Å²) < 4.78 is 28.3. The Morgan fingerprint density at radius 3 is 2.70 bits per heavy atom. The molecule has 11 heteroatoms. The van der Waals surface area contributed by atoms with Crippen molar-refractivity contribution >= 4 is 22.9 Å². The van der Waals surface area contributed by atoms with Gasteiger partial charge in [0.2, 0.25) is 11.7 Å². The van der Waals surface area contributed by atoms with Crippen LogP contribution in [0, 0.1) is 34.8 Å². The van der Waals surface area contributed by atoms with E-state index in [9.17, 15) is 23.8 Å². The quantitative estimate of drug-likeness (QED) is 0.427. The highest BCUT2D eigenvalue weighted by Gasteiger charge is 2.75. The highest BCUT2D eigenvalue weighted by atomic mass is 19.2. The largest absolute Gasteiger partial charge is 0.389 e. The second-order valence-electron chi connectivity index (χ2n) is 8.20. The lowest BCUT2D eigenvalue weighted by Crippen LogP contribution is -2.41. The van der Waals surface area contributed by atoms with Crippen LogP contribution in [0.2, 0.25) is 0 Å². The van der Waals surface area contributed by atoms with Crippen LogP contribution in [0.15, 0.2) is 24.5 Å². The Labute approximate surface area is 186 Å². The van der Waals surface area contributed by atoms with Crippen LogP contribution < -0.4 is 10.6 Å². The Hall–Kier alpha value is -3.62. The van der Waals surface area contributed by atoms with Gasteiger partial charge in [-0.15, -0.1) is 0 Å². The second kappa shape index (κ2) is 7.47. The number of imidazole rings is 1. The van der Waals surface area contributed by atoms with Crippen molar-refractivity contribution < 1.29 is 23.8 Å². The summed E-state index contributed by atoms with van der Waals surface area (Å²) >= 11 is 0. The van der Waals surface area contributed by atoms with Gasteiger partial charge in [0.15, 0.2) is 28.6 Å². The summed E-state index contributed by atoms with van der Waals surface area (Å²) in [6.07, 6.45) is -0.487. The predicted molar refractivity (Wildman–Crippen MR) is 113 cm³/mol. The Morgan fingerprint density at radius 2 is 2.00 bits per heavy atom. The van der Waals surface area contributed by atoms with Gasteiger partial charge in [-0.3, -0.25) is 4.79 Å². The van der Waals surface area contributed by atoms with Crippen LogP contribution in [0.3, 0.4) is 0 Å². The van der Waals surface area contributed by atoms with Crippen LogP contribution in [-0.2, 0) is 4.79 Å².